The molecule has 0 spiro atoms. The minimum absolute atomic E-state index is 0.0366. The molecule has 3 rings (SSSR count). The van der Waals surface area contributed by atoms with Gasteiger partial charge in [0.15, 0.2) is 0 Å². The number of hydrogen-bond acceptors (Lipinski definition) is 2. The van der Waals surface area contributed by atoms with E-state index >= 15 is 0 Å². The van der Waals surface area contributed by atoms with Crippen molar-refractivity contribution in [3.05, 3.63) is 29.3 Å². The number of carbonyl (C=O) groups is 2. The lowest BCUT2D eigenvalue weighted by Crippen LogP contribution is -2.58. The van der Waals surface area contributed by atoms with Crippen LogP contribution in [-0.2, 0) is 9.59 Å². The molecule has 4 heteroatoms. The van der Waals surface area contributed by atoms with Gasteiger partial charge in [0, 0.05) is 24.7 Å². The number of nitrogens with zero attached hydrogens (tertiary/aromatic N) is 2. The Morgan fingerprint density at radius 1 is 1.13 bits per heavy atom. The SMILES string of the molecule is Cc1ccc(N2CCN(C(=O)C3CCCC3)[C@@H](C)C2=O)c(C)c1. The van der Waals surface area contributed by atoms with Crippen LogP contribution in [-0.4, -0.2) is 35.8 Å². The minimum atomic E-state index is -0.363. The van der Waals surface area contributed by atoms with E-state index in [9.17, 15) is 9.59 Å². The van der Waals surface area contributed by atoms with Gasteiger partial charge in [-0.25, -0.2) is 0 Å². The number of carbonyl (C=O) groups excluding carboxylic acids is 2. The number of hydrogen-bond donors (Lipinski definition) is 0. The van der Waals surface area contributed by atoms with Gasteiger partial charge in [-0.3, -0.25) is 9.59 Å². The molecule has 4 nitrogen and oxygen atoms in total. The molecule has 1 atom stereocenters. The van der Waals surface area contributed by atoms with Crippen LogP contribution in [0.25, 0.3) is 0 Å². The first-order chi connectivity index (χ1) is 11.0. The van der Waals surface area contributed by atoms with Crippen LogP contribution < -0.4 is 4.90 Å². The van der Waals surface area contributed by atoms with Gasteiger partial charge in [-0.2, -0.15) is 0 Å². The van der Waals surface area contributed by atoms with E-state index in [-0.39, 0.29) is 23.8 Å². The Morgan fingerprint density at radius 3 is 2.48 bits per heavy atom. The van der Waals surface area contributed by atoms with Crippen LogP contribution in [0.3, 0.4) is 0 Å². The van der Waals surface area contributed by atoms with Crippen molar-refractivity contribution in [2.75, 3.05) is 18.0 Å². The first-order valence-electron chi connectivity index (χ1n) is 8.68. The Bertz CT molecular complexity index is 620. The Balaban J connectivity index is 1.77. The number of aryl methyl sites for hydroxylation is 2. The van der Waals surface area contributed by atoms with Gasteiger partial charge in [-0.05, 0) is 45.2 Å². The van der Waals surface area contributed by atoms with E-state index in [1.54, 1.807) is 4.90 Å². The van der Waals surface area contributed by atoms with Gasteiger partial charge in [0.2, 0.25) is 11.8 Å². The summed E-state index contributed by atoms with van der Waals surface area (Å²) < 4.78 is 0. The van der Waals surface area contributed by atoms with E-state index in [2.05, 4.69) is 13.0 Å². The molecule has 1 aliphatic heterocycles. The van der Waals surface area contributed by atoms with Gasteiger partial charge in [0.05, 0.1) is 0 Å². The lowest BCUT2D eigenvalue weighted by Gasteiger charge is -2.40. The first kappa shape index (κ1) is 16.0. The molecule has 1 aromatic carbocycles. The molecule has 1 heterocycles. The van der Waals surface area contributed by atoms with E-state index in [0.717, 1.165) is 36.9 Å². The molecule has 2 fully saturated rings. The number of amides is 2. The molecule has 1 saturated carbocycles. The first-order valence-corrected chi connectivity index (χ1v) is 8.68. The number of rotatable bonds is 2. The predicted octanol–water partition coefficient (Wildman–Crippen LogP) is 3.06. The number of piperazine rings is 1. The smallest absolute Gasteiger partial charge is 0.249 e. The van der Waals surface area contributed by atoms with Crippen molar-refractivity contribution >= 4 is 17.5 Å². The second-order valence-corrected chi connectivity index (χ2v) is 6.97. The molecule has 0 unspecified atom stereocenters. The Labute approximate surface area is 138 Å². The summed E-state index contributed by atoms with van der Waals surface area (Å²) in [6.07, 6.45) is 4.25. The van der Waals surface area contributed by atoms with E-state index < -0.39 is 0 Å². The summed E-state index contributed by atoms with van der Waals surface area (Å²) >= 11 is 0. The van der Waals surface area contributed by atoms with Gasteiger partial charge in [-0.15, -0.1) is 0 Å². The van der Waals surface area contributed by atoms with Crippen molar-refractivity contribution in [1.82, 2.24) is 4.90 Å². The maximum absolute atomic E-state index is 12.8. The summed E-state index contributed by atoms with van der Waals surface area (Å²) in [5.41, 5.74) is 3.28. The van der Waals surface area contributed by atoms with Crippen LogP contribution in [0.2, 0.25) is 0 Å². The lowest BCUT2D eigenvalue weighted by atomic mass is 10.0. The largest absolute Gasteiger partial charge is 0.329 e. The summed E-state index contributed by atoms with van der Waals surface area (Å²) in [5, 5.41) is 0. The summed E-state index contributed by atoms with van der Waals surface area (Å²) in [6.45, 7) is 7.18. The second kappa shape index (κ2) is 6.34. The van der Waals surface area contributed by atoms with E-state index in [1.165, 1.54) is 5.56 Å². The third-order valence-corrected chi connectivity index (χ3v) is 5.29. The van der Waals surface area contributed by atoms with Crippen LogP contribution in [0.15, 0.2) is 18.2 Å². The average Bonchev–Trinajstić information content (AvgIpc) is 3.04. The highest BCUT2D eigenvalue weighted by atomic mass is 16.2. The molecule has 124 valence electrons. The van der Waals surface area contributed by atoms with Crippen molar-refractivity contribution in [2.24, 2.45) is 5.92 Å². The molecule has 2 aliphatic rings. The van der Waals surface area contributed by atoms with Crippen LogP contribution in [0.4, 0.5) is 5.69 Å². The Morgan fingerprint density at radius 2 is 1.83 bits per heavy atom. The molecule has 0 bridgehead atoms. The molecule has 1 aromatic rings. The average molecular weight is 314 g/mol. The minimum Gasteiger partial charge on any atom is -0.329 e. The lowest BCUT2D eigenvalue weighted by molar-refractivity contribution is -0.143. The Kier molecular flexibility index (Phi) is 4.42. The van der Waals surface area contributed by atoms with Gasteiger partial charge in [-0.1, -0.05) is 30.5 Å². The van der Waals surface area contributed by atoms with Crippen molar-refractivity contribution < 1.29 is 9.59 Å². The third-order valence-electron chi connectivity index (χ3n) is 5.29. The molecule has 1 aliphatic carbocycles. The topological polar surface area (TPSA) is 40.6 Å². The molecule has 0 aromatic heterocycles. The van der Waals surface area contributed by atoms with Gasteiger partial charge < -0.3 is 9.80 Å². The molecule has 1 saturated heterocycles. The summed E-state index contributed by atoms with van der Waals surface area (Å²) in [4.78, 5) is 29.1. The highest BCUT2D eigenvalue weighted by Gasteiger charge is 2.38. The van der Waals surface area contributed by atoms with Crippen molar-refractivity contribution in [1.29, 1.82) is 0 Å². The van der Waals surface area contributed by atoms with Crippen LogP contribution in [0, 0.1) is 19.8 Å². The van der Waals surface area contributed by atoms with Crippen molar-refractivity contribution in [2.45, 2.75) is 52.5 Å². The van der Waals surface area contributed by atoms with Crippen LogP contribution in [0.1, 0.15) is 43.7 Å². The molecular formula is C19H26N2O2. The third kappa shape index (κ3) is 2.99. The number of benzene rings is 1. The summed E-state index contributed by atoms with van der Waals surface area (Å²) in [7, 11) is 0. The maximum Gasteiger partial charge on any atom is 0.249 e. The molecular weight excluding hydrogens is 288 g/mol. The predicted molar refractivity (Wildman–Crippen MR) is 91.4 cm³/mol. The highest BCUT2D eigenvalue weighted by molar-refractivity contribution is 6.00. The standard InChI is InChI=1S/C19H26N2O2/c1-13-8-9-17(14(2)12-13)21-11-10-20(15(3)18(21)22)19(23)16-6-4-5-7-16/h8-9,12,15-16H,4-7,10-11H2,1-3H3/t15-/m0/s1. The van der Waals surface area contributed by atoms with Crippen LogP contribution in [0.5, 0.6) is 0 Å². The van der Waals surface area contributed by atoms with Gasteiger partial charge in [0.1, 0.15) is 6.04 Å². The van der Waals surface area contributed by atoms with E-state index in [4.69, 9.17) is 0 Å². The van der Waals surface area contributed by atoms with Crippen LogP contribution >= 0.6 is 0 Å². The van der Waals surface area contributed by atoms with Crippen molar-refractivity contribution in [3.63, 3.8) is 0 Å². The molecule has 2 amide bonds. The fraction of sp³-hybridized carbons (Fsp3) is 0.579. The molecule has 0 radical (unpaired) electrons. The van der Waals surface area contributed by atoms with E-state index in [0.29, 0.717) is 13.1 Å². The van der Waals surface area contributed by atoms with Crippen molar-refractivity contribution in [3.8, 4) is 0 Å². The Hall–Kier alpha value is -1.84. The highest BCUT2D eigenvalue weighted by Crippen LogP contribution is 2.30. The summed E-state index contributed by atoms with van der Waals surface area (Å²) in [5.74, 6) is 0.357. The van der Waals surface area contributed by atoms with E-state index in [1.807, 2.05) is 30.9 Å². The molecule has 0 N–H and O–H groups in total. The fourth-order valence-electron chi connectivity index (χ4n) is 3.93. The monoisotopic (exact) mass is 314 g/mol. The molecule has 23 heavy (non-hydrogen) atoms. The normalized spacial score (nSPS) is 22.7. The number of anilines is 1. The quantitative estimate of drug-likeness (QED) is 0.842. The maximum atomic E-state index is 12.8. The zero-order chi connectivity index (χ0) is 16.6. The second-order valence-electron chi connectivity index (χ2n) is 6.97. The fourth-order valence-corrected chi connectivity index (χ4v) is 3.93. The van der Waals surface area contributed by atoms with Gasteiger partial charge >= 0.3 is 0 Å². The summed E-state index contributed by atoms with van der Waals surface area (Å²) in [6, 6.07) is 5.79. The zero-order valence-corrected chi connectivity index (χ0v) is 14.3. The van der Waals surface area contributed by atoms with Gasteiger partial charge in [0.25, 0.3) is 0 Å². The zero-order valence-electron chi connectivity index (χ0n) is 14.3.